The highest BCUT2D eigenvalue weighted by atomic mass is 16.6. The van der Waals surface area contributed by atoms with Crippen molar-refractivity contribution in [2.75, 3.05) is 40.3 Å². The van der Waals surface area contributed by atoms with Gasteiger partial charge in [0, 0.05) is 40.3 Å². The van der Waals surface area contributed by atoms with Crippen molar-refractivity contribution in [3.8, 4) is 0 Å². The molecule has 0 fully saturated rings. The summed E-state index contributed by atoms with van der Waals surface area (Å²) in [5.74, 6) is 0.676. The highest BCUT2D eigenvalue weighted by Gasteiger charge is 2.21. The molecular formula is C16H34N4O3. The molecule has 1 amide bonds. The zero-order valence-corrected chi connectivity index (χ0v) is 15.9. The molecule has 0 aliphatic heterocycles. The third kappa shape index (κ3) is 9.99. The molecule has 0 aromatic carbocycles. The van der Waals surface area contributed by atoms with Crippen LogP contribution >= 0.6 is 0 Å². The van der Waals surface area contributed by atoms with Crippen molar-refractivity contribution in [2.24, 2.45) is 4.99 Å². The Kier molecular flexibility index (Phi) is 8.97. The number of amides is 1. The summed E-state index contributed by atoms with van der Waals surface area (Å²) in [6.07, 6.45) is -0.301. The van der Waals surface area contributed by atoms with E-state index in [1.54, 1.807) is 19.1 Å². The minimum atomic E-state index is -0.485. The number of guanidine groups is 1. The maximum absolute atomic E-state index is 12.0. The van der Waals surface area contributed by atoms with Gasteiger partial charge in [0.1, 0.15) is 5.60 Å². The molecule has 0 heterocycles. The van der Waals surface area contributed by atoms with Crippen molar-refractivity contribution < 1.29 is 14.3 Å². The zero-order valence-electron chi connectivity index (χ0n) is 15.9. The highest BCUT2D eigenvalue weighted by molar-refractivity contribution is 5.79. The van der Waals surface area contributed by atoms with Gasteiger partial charge in [-0.05, 0) is 41.5 Å². The molecule has 0 aliphatic rings. The summed E-state index contributed by atoms with van der Waals surface area (Å²) in [6.45, 7) is 13.9. The average Bonchev–Trinajstić information content (AvgIpc) is 2.44. The van der Waals surface area contributed by atoms with E-state index in [0.29, 0.717) is 32.1 Å². The SMILES string of the molecule is CCN(CCNC(=NC)NCC(C)(C)OC)C(=O)OC(C)(C)C. The molecule has 2 N–H and O–H groups in total. The van der Waals surface area contributed by atoms with E-state index in [0.717, 1.165) is 0 Å². The maximum atomic E-state index is 12.0. The molecule has 0 aromatic rings. The van der Waals surface area contributed by atoms with Crippen LogP contribution in [0.4, 0.5) is 4.79 Å². The summed E-state index contributed by atoms with van der Waals surface area (Å²) in [4.78, 5) is 17.9. The standard InChI is InChI=1S/C16H34N4O3/c1-9-20(14(21)23-15(2,3)4)11-10-18-13(17-7)19-12-16(5,6)22-8/h9-12H2,1-8H3,(H2,17,18,19). The first kappa shape index (κ1) is 21.5. The van der Waals surface area contributed by atoms with Crippen LogP contribution in [0.5, 0.6) is 0 Å². The van der Waals surface area contributed by atoms with E-state index in [1.165, 1.54) is 0 Å². The molecule has 0 bridgehead atoms. The number of aliphatic imine (C=N–C) groups is 1. The van der Waals surface area contributed by atoms with Gasteiger partial charge in [0.25, 0.3) is 0 Å². The number of likely N-dealkylation sites (N-methyl/N-ethyl adjacent to an activating group) is 1. The fourth-order valence-electron chi connectivity index (χ4n) is 1.60. The van der Waals surface area contributed by atoms with E-state index in [-0.39, 0.29) is 11.7 Å². The van der Waals surface area contributed by atoms with Crippen LogP contribution in [-0.2, 0) is 9.47 Å². The van der Waals surface area contributed by atoms with Crippen LogP contribution in [0.3, 0.4) is 0 Å². The number of hydrogen-bond acceptors (Lipinski definition) is 4. The zero-order chi connectivity index (χ0) is 18.1. The van der Waals surface area contributed by atoms with Crippen molar-refractivity contribution in [3.05, 3.63) is 0 Å². The van der Waals surface area contributed by atoms with Gasteiger partial charge in [0.2, 0.25) is 0 Å². The van der Waals surface area contributed by atoms with Crippen molar-refractivity contribution in [2.45, 2.75) is 52.7 Å². The Morgan fingerprint density at radius 3 is 2.22 bits per heavy atom. The van der Waals surface area contributed by atoms with E-state index in [2.05, 4.69) is 15.6 Å². The molecule has 0 saturated heterocycles. The fourth-order valence-corrected chi connectivity index (χ4v) is 1.60. The Morgan fingerprint density at radius 1 is 1.17 bits per heavy atom. The highest BCUT2D eigenvalue weighted by Crippen LogP contribution is 2.09. The topological polar surface area (TPSA) is 75.2 Å². The smallest absolute Gasteiger partial charge is 0.410 e. The number of nitrogens with zero attached hydrogens (tertiary/aromatic N) is 2. The molecule has 0 radical (unpaired) electrons. The van der Waals surface area contributed by atoms with E-state index >= 15 is 0 Å². The molecule has 0 aromatic heterocycles. The molecule has 0 spiro atoms. The number of hydrogen-bond donors (Lipinski definition) is 2. The van der Waals surface area contributed by atoms with Crippen molar-refractivity contribution in [1.29, 1.82) is 0 Å². The largest absolute Gasteiger partial charge is 0.444 e. The molecule has 0 aliphatic carbocycles. The summed E-state index contributed by atoms with van der Waals surface area (Å²) >= 11 is 0. The van der Waals surface area contributed by atoms with Crippen LogP contribution < -0.4 is 10.6 Å². The number of ether oxygens (including phenoxy) is 2. The normalized spacial score (nSPS) is 12.8. The van der Waals surface area contributed by atoms with Crippen LogP contribution in [0.25, 0.3) is 0 Å². The van der Waals surface area contributed by atoms with Crippen LogP contribution in [0.2, 0.25) is 0 Å². The third-order valence-corrected chi connectivity index (χ3v) is 3.17. The lowest BCUT2D eigenvalue weighted by atomic mass is 10.1. The van der Waals surface area contributed by atoms with Crippen molar-refractivity contribution in [1.82, 2.24) is 15.5 Å². The van der Waals surface area contributed by atoms with E-state index in [1.807, 2.05) is 41.5 Å². The Balaban J connectivity index is 4.30. The summed E-state index contributed by atoms with van der Waals surface area (Å²) < 4.78 is 10.7. The lowest BCUT2D eigenvalue weighted by Crippen LogP contribution is -2.47. The maximum Gasteiger partial charge on any atom is 0.410 e. The molecule has 23 heavy (non-hydrogen) atoms. The molecule has 7 heteroatoms. The monoisotopic (exact) mass is 330 g/mol. The second-order valence-corrected chi connectivity index (χ2v) is 6.88. The van der Waals surface area contributed by atoms with E-state index < -0.39 is 5.60 Å². The molecule has 0 saturated carbocycles. The van der Waals surface area contributed by atoms with Crippen LogP contribution in [0, 0.1) is 0 Å². The lowest BCUT2D eigenvalue weighted by Gasteiger charge is -2.27. The second kappa shape index (κ2) is 9.60. The number of carbonyl (C=O) groups is 1. The quantitative estimate of drug-likeness (QED) is 0.550. The molecule has 0 atom stereocenters. The Hall–Kier alpha value is -1.50. The summed E-state index contributed by atoms with van der Waals surface area (Å²) in [5, 5.41) is 6.38. The van der Waals surface area contributed by atoms with E-state index in [9.17, 15) is 4.79 Å². The Bertz CT molecular complexity index is 389. The third-order valence-electron chi connectivity index (χ3n) is 3.17. The first-order valence-corrected chi connectivity index (χ1v) is 8.02. The average molecular weight is 330 g/mol. The second-order valence-electron chi connectivity index (χ2n) is 6.88. The van der Waals surface area contributed by atoms with Gasteiger partial charge >= 0.3 is 6.09 Å². The fraction of sp³-hybridized carbons (Fsp3) is 0.875. The molecule has 136 valence electrons. The molecule has 7 nitrogen and oxygen atoms in total. The number of nitrogens with one attached hydrogen (secondary N) is 2. The number of methoxy groups -OCH3 is 1. The van der Waals surface area contributed by atoms with Crippen molar-refractivity contribution in [3.63, 3.8) is 0 Å². The first-order valence-electron chi connectivity index (χ1n) is 8.02. The van der Waals surface area contributed by atoms with Gasteiger partial charge in [-0.25, -0.2) is 4.79 Å². The van der Waals surface area contributed by atoms with E-state index in [4.69, 9.17) is 9.47 Å². The van der Waals surface area contributed by atoms with Crippen LogP contribution in [0.15, 0.2) is 4.99 Å². The van der Waals surface area contributed by atoms with Gasteiger partial charge in [0.05, 0.1) is 5.60 Å². The molecule has 0 rings (SSSR count). The predicted octanol–water partition coefficient (Wildman–Crippen LogP) is 1.83. The molecule has 0 unspecified atom stereocenters. The first-order chi connectivity index (χ1) is 10.5. The number of rotatable bonds is 7. The lowest BCUT2D eigenvalue weighted by molar-refractivity contribution is 0.0263. The van der Waals surface area contributed by atoms with Gasteiger partial charge in [-0.3, -0.25) is 4.99 Å². The minimum absolute atomic E-state index is 0.274. The van der Waals surface area contributed by atoms with Crippen molar-refractivity contribution >= 4 is 12.1 Å². The van der Waals surface area contributed by atoms with Crippen LogP contribution in [0.1, 0.15) is 41.5 Å². The predicted molar refractivity (Wildman–Crippen MR) is 93.9 cm³/mol. The van der Waals surface area contributed by atoms with Gasteiger partial charge < -0.3 is 25.0 Å². The summed E-state index contributed by atoms with van der Waals surface area (Å²) in [5.41, 5.74) is -0.759. The Morgan fingerprint density at radius 2 is 1.78 bits per heavy atom. The number of carbonyl (C=O) groups excluding carboxylic acids is 1. The minimum Gasteiger partial charge on any atom is -0.444 e. The van der Waals surface area contributed by atoms with Gasteiger partial charge in [-0.2, -0.15) is 0 Å². The van der Waals surface area contributed by atoms with Gasteiger partial charge in [-0.15, -0.1) is 0 Å². The van der Waals surface area contributed by atoms with Crippen LogP contribution in [-0.4, -0.2) is 68.5 Å². The Labute approximate surface area is 140 Å². The molecular weight excluding hydrogens is 296 g/mol. The summed E-state index contributed by atoms with van der Waals surface area (Å²) in [6, 6.07) is 0. The van der Waals surface area contributed by atoms with Gasteiger partial charge in [0.15, 0.2) is 5.96 Å². The summed E-state index contributed by atoms with van der Waals surface area (Å²) in [7, 11) is 3.39. The van der Waals surface area contributed by atoms with Gasteiger partial charge in [-0.1, -0.05) is 0 Å².